The Kier molecular flexibility index (Phi) is 6.37. The molecule has 0 radical (unpaired) electrons. The van der Waals surface area contributed by atoms with Crippen LogP contribution in [0.3, 0.4) is 0 Å². The third-order valence-electron chi connectivity index (χ3n) is 5.95. The van der Waals surface area contributed by atoms with Gasteiger partial charge < -0.3 is 9.80 Å². The van der Waals surface area contributed by atoms with Gasteiger partial charge in [0.2, 0.25) is 0 Å². The quantitative estimate of drug-likeness (QED) is 0.654. The summed E-state index contributed by atoms with van der Waals surface area (Å²) in [6, 6.07) is 19.1. The minimum absolute atomic E-state index is 0.581. The molecule has 140 valence electrons. The van der Waals surface area contributed by atoms with E-state index in [0.717, 1.165) is 6.54 Å². The summed E-state index contributed by atoms with van der Waals surface area (Å²) < 4.78 is 0. The SMILES string of the molecule is CCCC(CCN(c1ccccc1C)C1Cc2ccccc2C1)N(C)C. The van der Waals surface area contributed by atoms with Crippen LogP contribution in [0, 0.1) is 6.92 Å². The largest absolute Gasteiger partial charge is 0.368 e. The van der Waals surface area contributed by atoms with Crippen LogP contribution in [0.25, 0.3) is 0 Å². The van der Waals surface area contributed by atoms with Crippen LogP contribution in [-0.4, -0.2) is 37.6 Å². The van der Waals surface area contributed by atoms with Crippen LogP contribution < -0.4 is 4.90 Å². The molecular formula is C24H34N2. The van der Waals surface area contributed by atoms with Gasteiger partial charge in [0, 0.05) is 24.3 Å². The summed E-state index contributed by atoms with van der Waals surface area (Å²) >= 11 is 0. The lowest BCUT2D eigenvalue weighted by atomic mass is 10.0. The number of rotatable bonds is 8. The van der Waals surface area contributed by atoms with Crippen molar-refractivity contribution in [1.82, 2.24) is 4.90 Å². The number of benzene rings is 2. The van der Waals surface area contributed by atoms with Gasteiger partial charge in [-0.25, -0.2) is 0 Å². The molecule has 0 spiro atoms. The summed E-state index contributed by atoms with van der Waals surface area (Å²) in [5.41, 5.74) is 5.88. The van der Waals surface area contributed by atoms with Gasteiger partial charge in [0.15, 0.2) is 0 Å². The maximum atomic E-state index is 2.70. The zero-order valence-corrected chi connectivity index (χ0v) is 16.9. The summed E-state index contributed by atoms with van der Waals surface area (Å²) in [5, 5.41) is 0. The molecule has 0 heterocycles. The summed E-state index contributed by atoms with van der Waals surface area (Å²) in [6.45, 7) is 5.68. The minimum atomic E-state index is 0.581. The molecule has 0 aromatic heterocycles. The molecule has 0 fully saturated rings. The van der Waals surface area contributed by atoms with E-state index in [9.17, 15) is 0 Å². The fourth-order valence-electron chi connectivity index (χ4n) is 4.42. The molecule has 0 N–H and O–H groups in total. The number of nitrogens with zero attached hydrogens (tertiary/aromatic N) is 2. The molecule has 0 amide bonds. The molecule has 1 unspecified atom stereocenters. The molecule has 3 rings (SSSR count). The first kappa shape index (κ1) is 19.0. The molecule has 1 aliphatic carbocycles. The smallest absolute Gasteiger partial charge is 0.0398 e. The normalized spacial score (nSPS) is 15.3. The molecule has 0 bridgehead atoms. The van der Waals surface area contributed by atoms with Crippen LogP contribution >= 0.6 is 0 Å². The predicted molar refractivity (Wildman–Crippen MR) is 113 cm³/mol. The Morgan fingerprint density at radius 1 is 0.923 bits per heavy atom. The van der Waals surface area contributed by atoms with Gasteiger partial charge in [0.25, 0.3) is 0 Å². The lowest BCUT2D eigenvalue weighted by molar-refractivity contribution is 0.262. The van der Waals surface area contributed by atoms with Crippen LogP contribution in [0.5, 0.6) is 0 Å². The summed E-state index contributed by atoms with van der Waals surface area (Å²) in [7, 11) is 4.45. The van der Waals surface area contributed by atoms with Crippen LogP contribution in [0.1, 0.15) is 42.9 Å². The van der Waals surface area contributed by atoms with E-state index in [4.69, 9.17) is 0 Å². The summed E-state index contributed by atoms with van der Waals surface area (Å²) in [5.74, 6) is 0. The van der Waals surface area contributed by atoms with E-state index in [2.05, 4.69) is 86.3 Å². The second kappa shape index (κ2) is 8.73. The Hall–Kier alpha value is -1.80. The van der Waals surface area contributed by atoms with E-state index in [0.29, 0.717) is 12.1 Å². The molecule has 1 atom stereocenters. The molecule has 2 heteroatoms. The molecular weight excluding hydrogens is 316 g/mol. The van der Waals surface area contributed by atoms with Crippen molar-refractivity contribution in [3.63, 3.8) is 0 Å². The zero-order chi connectivity index (χ0) is 18.5. The monoisotopic (exact) mass is 350 g/mol. The maximum absolute atomic E-state index is 2.70. The second-order valence-corrected chi connectivity index (χ2v) is 8.01. The van der Waals surface area contributed by atoms with E-state index in [1.165, 1.54) is 54.5 Å². The molecule has 26 heavy (non-hydrogen) atoms. The number of anilines is 1. The third kappa shape index (κ3) is 4.29. The number of fused-ring (bicyclic) bond motifs is 1. The van der Waals surface area contributed by atoms with Gasteiger partial charge in [-0.05, 0) is 69.5 Å². The third-order valence-corrected chi connectivity index (χ3v) is 5.95. The van der Waals surface area contributed by atoms with Gasteiger partial charge in [-0.1, -0.05) is 55.8 Å². The Labute approximate surface area is 159 Å². The zero-order valence-electron chi connectivity index (χ0n) is 16.9. The van der Waals surface area contributed by atoms with Crippen molar-refractivity contribution >= 4 is 5.69 Å². The molecule has 2 nitrogen and oxygen atoms in total. The van der Waals surface area contributed by atoms with Crippen molar-refractivity contribution in [3.8, 4) is 0 Å². The van der Waals surface area contributed by atoms with Gasteiger partial charge >= 0.3 is 0 Å². The highest BCUT2D eigenvalue weighted by atomic mass is 15.2. The Morgan fingerprint density at radius 3 is 2.12 bits per heavy atom. The minimum Gasteiger partial charge on any atom is -0.368 e. The number of aryl methyl sites for hydroxylation is 1. The number of para-hydroxylation sites is 1. The molecule has 2 aromatic carbocycles. The van der Waals surface area contributed by atoms with Crippen molar-refractivity contribution in [2.45, 2.75) is 58.0 Å². The van der Waals surface area contributed by atoms with Gasteiger partial charge in [-0.3, -0.25) is 0 Å². The maximum Gasteiger partial charge on any atom is 0.0398 e. The standard InChI is InChI=1S/C24H34N2/c1-5-10-22(25(3)4)15-16-26(24-14-9-6-11-19(24)2)23-17-20-12-7-8-13-21(20)18-23/h6-9,11-14,22-23H,5,10,15-18H2,1-4H3. The predicted octanol–water partition coefficient (Wildman–Crippen LogP) is 5.09. The molecule has 0 saturated heterocycles. The van der Waals surface area contributed by atoms with Gasteiger partial charge in [-0.15, -0.1) is 0 Å². The van der Waals surface area contributed by atoms with Crippen molar-refractivity contribution in [3.05, 3.63) is 65.2 Å². The fourth-order valence-corrected chi connectivity index (χ4v) is 4.42. The fraction of sp³-hybridized carbons (Fsp3) is 0.500. The first-order valence-corrected chi connectivity index (χ1v) is 10.2. The average Bonchev–Trinajstić information content (AvgIpc) is 3.06. The van der Waals surface area contributed by atoms with E-state index < -0.39 is 0 Å². The Balaban J connectivity index is 1.80. The summed E-state index contributed by atoms with van der Waals surface area (Å²) in [6.07, 6.45) is 6.10. The van der Waals surface area contributed by atoms with Crippen molar-refractivity contribution in [2.75, 3.05) is 25.5 Å². The van der Waals surface area contributed by atoms with Crippen molar-refractivity contribution < 1.29 is 0 Å². The molecule has 2 aromatic rings. The highest BCUT2D eigenvalue weighted by Gasteiger charge is 2.28. The first-order chi connectivity index (χ1) is 12.6. The first-order valence-electron chi connectivity index (χ1n) is 10.2. The van der Waals surface area contributed by atoms with E-state index >= 15 is 0 Å². The topological polar surface area (TPSA) is 6.48 Å². The van der Waals surface area contributed by atoms with E-state index in [1.807, 2.05) is 0 Å². The van der Waals surface area contributed by atoms with Crippen LogP contribution in [0.15, 0.2) is 48.5 Å². The van der Waals surface area contributed by atoms with E-state index in [-0.39, 0.29) is 0 Å². The van der Waals surface area contributed by atoms with Crippen molar-refractivity contribution in [2.24, 2.45) is 0 Å². The summed E-state index contributed by atoms with van der Waals surface area (Å²) in [4.78, 5) is 5.10. The Morgan fingerprint density at radius 2 is 1.54 bits per heavy atom. The van der Waals surface area contributed by atoms with Gasteiger partial charge in [0.05, 0.1) is 0 Å². The molecule has 0 aliphatic heterocycles. The lowest BCUT2D eigenvalue weighted by Crippen LogP contribution is -2.40. The average molecular weight is 351 g/mol. The van der Waals surface area contributed by atoms with Crippen LogP contribution in [-0.2, 0) is 12.8 Å². The van der Waals surface area contributed by atoms with Crippen LogP contribution in [0.2, 0.25) is 0 Å². The number of hydrogen-bond acceptors (Lipinski definition) is 2. The Bertz CT molecular complexity index is 682. The van der Waals surface area contributed by atoms with Crippen molar-refractivity contribution in [1.29, 1.82) is 0 Å². The molecule has 0 saturated carbocycles. The van der Waals surface area contributed by atoms with E-state index in [1.54, 1.807) is 0 Å². The highest BCUT2D eigenvalue weighted by Crippen LogP contribution is 2.31. The van der Waals surface area contributed by atoms with Gasteiger partial charge in [0.1, 0.15) is 0 Å². The van der Waals surface area contributed by atoms with Gasteiger partial charge in [-0.2, -0.15) is 0 Å². The molecule has 1 aliphatic rings. The number of hydrogen-bond donors (Lipinski definition) is 0. The van der Waals surface area contributed by atoms with Crippen LogP contribution in [0.4, 0.5) is 5.69 Å². The lowest BCUT2D eigenvalue weighted by Gasteiger charge is -2.35. The second-order valence-electron chi connectivity index (χ2n) is 8.01. The highest BCUT2D eigenvalue weighted by molar-refractivity contribution is 5.55.